The molecule has 0 fully saturated rings. The van der Waals surface area contributed by atoms with E-state index in [0.29, 0.717) is 0 Å². The van der Waals surface area contributed by atoms with Gasteiger partial charge in [-0.15, -0.1) is 12.6 Å². The zero-order chi connectivity index (χ0) is 12.4. The first-order valence-corrected chi connectivity index (χ1v) is 6.35. The van der Waals surface area contributed by atoms with Gasteiger partial charge in [0.25, 0.3) is 0 Å². The summed E-state index contributed by atoms with van der Waals surface area (Å²) in [5, 5.41) is 4.67. The Labute approximate surface area is 111 Å². The van der Waals surface area contributed by atoms with Crippen LogP contribution in [0.2, 0.25) is 0 Å². The van der Waals surface area contributed by atoms with Crippen molar-refractivity contribution in [3.05, 3.63) is 60.3 Å². The van der Waals surface area contributed by atoms with Crippen LogP contribution in [-0.4, -0.2) is 4.98 Å². The fourth-order valence-corrected chi connectivity index (χ4v) is 2.22. The predicted octanol–water partition coefficient (Wildman–Crippen LogP) is 4.07. The first-order valence-electron chi connectivity index (χ1n) is 5.91. The maximum atomic E-state index is 4.28. The molecule has 0 atom stereocenters. The summed E-state index contributed by atoms with van der Waals surface area (Å²) < 4.78 is 0. The highest BCUT2D eigenvalue weighted by molar-refractivity contribution is 7.80. The van der Waals surface area contributed by atoms with Crippen molar-refractivity contribution in [2.75, 3.05) is 5.32 Å². The lowest BCUT2D eigenvalue weighted by atomic mass is 10.1. The quantitative estimate of drug-likeness (QED) is 0.604. The van der Waals surface area contributed by atoms with Gasteiger partial charge in [-0.2, -0.15) is 0 Å². The molecule has 0 spiro atoms. The molecule has 3 rings (SSSR count). The van der Waals surface area contributed by atoms with Crippen molar-refractivity contribution in [2.45, 2.75) is 11.4 Å². The molecule has 0 aliphatic carbocycles. The summed E-state index contributed by atoms with van der Waals surface area (Å²) in [6.07, 6.45) is 1.98. The van der Waals surface area contributed by atoms with Crippen molar-refractivity contribution >= 4 is 29.2 Å². The molecular weight excluding hydrogens is 240 g/mol. The van der Waals surface area contributed by atoms with E-state index < -0.39 is 0 Å². The Bertz CT molecular complexity index is 656. The van der Waals surface area contributed by atoms with Gasteiger partial charge >= 0.3 is 0 Å². The summed E-state index contributed by atoms with van der Waals surface area (Å²) in [7, 11) is 0. The van der Waals surface area contributed by atoms with Gasteiger partial charge in [-0.05, 0) is 41.3 Å². The number of benzene rings is 2. The number of anilines is 1. The second-order valence-corrected chi connectivity index (χ2v) is 4.78. The highest BCUT2D eigenvalue weighted by Gasteiger charge is 2.01. The van der Waals surface area contributed by atoms with Crippen LogP contribution in [-0.2, 0) is 6.54 Å². The molecule has 0 radical (unpaired) electrons. The van der Waals surface area contributed by atoms with E-state index in [0.717, 1.165) is 17.1 Å². The van der Waals surface area contributed by atoms with Crippen LogP contribution in [0.3, 0.4) is 0 Å². The normalized spacial score (nSPS) is 10.7. The molecule has 1 heterocycles. The zero-order valence-electron chi connectivity index (χ0n) is 9.85. The summed E-state index contributed by atoms with van der Waals surface area (Å²) >= 11 is 4.28. The molecule has 0 bridgehead atoms. The largest absolute Gasteiger partial charge is 0.381 e. The van der Waals surface area contributed by atoms with Gasteiger partial charge < -0.3 is 10.3 Å². The number of aromatic amines is 1. The highest BCUT2D eigenvalue weighted by Crippen LogP contribution is 2.19. The SMILES string of the molecule is Sc1ccc(NCc2cccc3cc[nH]c23)cc1. The molecule has 0 saturated carbocycles. The summed E-state index contributed by atoms with van der Waals surface area (Å²) in [5.74, 6) is 0. The standard InChI is InChI=1S/C15H14N2S/c18-14-6-4-13(5-7-14)17-10-12-3-1-2-11-8-9-16-15(11)12/h1-9,16-18H,10H2. The van der Waals surface area contributed by atoms with E-state index in [-0.39, 0.29) is 0 Å². The number of nitrogens with one attached hydrogen (secondary N) is 2. The molecule has 0 unspecified atom stereocenters. The van der Waals surface area contributed by atoms with Crippen LogP contribution < -0.4 is 5.32 Å². The minimum absolute atomic E-state index is 0.809. The number of thiol groups is 1. The summed E-state index contributed by atoms with van der Waals surface area (Å²) in [5.41, 5.74) is 3.58. The van der Waals surface area contributed by atoms with Gasteiger partial charge in [0.2, 0.25) is 0 Å². The number of hydrogen-bond acceptors (Lipinski definition) is 2. The van der Waals surface area contributed by atoms with Crippen LogP contribution >= 0.6 is 12.6 Å². The molecule has 90 valence electrons. The van der Waals surface area contributed by atoms with Gasteiger partial charge in [0, 0.05) is 23.3 Å². The van der Waals surface area contributed by atoms with Crippen molar-refractivity contribution in [2.24, 2.45) is 0 Å². The monoisotopic (exact) mass is 254 g/mol. The van der Waals surface area contributed by atoms with E-state index in [2.05, 4.69) is 47.2 Å². The first kappa shape index (κ1) is 11.2. The molecule has 0 aliphatic heterocycles. The Morgan fingerprint density at radius 3 is 2.67 bits per heavy atom. The lowest BCUT2D eigenvalue weighted by molar-refractivity contribution is 1.16. The molecule has 3 heteroatoms. The van der Waals surface area contributed by atoms with E-state index >= 15 is 0 Å². The lowest BCUT2D eigenvalue weighted by Crippen LogP contribution is -1.99. The number of rotatable bonds is 3. The van der Waals surface area contributed by atoms with E-state index in [1.807, 2.05) is 30.5 Å². The van der Waals surface area contributed by atoms with E-state index in [4.69, 9.17) is 0 Å². The van der Waals surface area contributed by atoms with Crippen molar-refractivity contribution in [1.82, 2.24) is 4.98 Å². The molecule has 2 nitrogen and oxygen atoms in total. The Morgan fingerprint density at radius 2 is 1.83 bits per heavy atom. The van der Waals surface area contributed by atoms with Crippen LogP contribution in [0.15, 0.2) is 59.6 Å². The fraction of sp³-hybridized carbons (Fsp3) is 0.0667. The number of aromatic nitrogens is 1. The van der Waals surface area contributed by atoms with Crippen LogP contribution in [0.4, 0.5) is 5.69 Å². The summed E-state index contributed by atoms with van der Waals surface area (Å²) in [6.45, 7) is 0.809. The van der Waals surface area contributed by atoms with Gasteiger partial charge in [-0.1, -0.05) is 18.2 Å². The first-order chi connectivity index (χ1) is 8.83. The van der Waals surface area contributed by atoms with Crippen molar-refractivity contribution in [3.8, 4) is 0 Å². The van der Waals surface area contributed by atoms with Gasteiger partial charge in [-0.25, -0.2) is 0 Å². The average Bonchev–Trinajstić information content (AvgIpc) is 2.87. The van der Waals surface area contributed by atoms with E-state index in [1.165, 1.54) is 16.5 Å². The minimum atomic E-state index is 0.809. The Morgan fingerprint density at radius 1 is 1.00 bits per heavy atom. The van der Waals surface area contributed by atoms with Crippen molar-refractivity contribution in [3.63, 3.8) is 0 Å². The molecule has 1 aromatic heterocycles. The molecule has 2 aromatic carbocycles. The third-order valence-corrected chi connectivity index (χ3v) is 3.32. The molecular formula is C15H14N2S. The van der Waals surface area contributed by atoms with Gasteiger partial charge in [0.05, 0.1) is 5.52 Å². The van der Waals surface area contributed by atoms with E-state index in [1.54, 1.807) is 0 Å². The molecule has 0 saturated heterocycles. The van der Waals surface area contributed by atoms with Crippen LogP contribution in [0, 0.1) is 0 Å². The smallest absolute Gasteiger partial charge is 0.0504 e. The lowest BCUT2D eigenvalue weighted by Gasteiger charge is -2.07. The Balaban J connectivity index is 1.80. The van der Waals surface area contributed by atoms with Crippen LogP contribution in [0.25, 0.3) is 10.9 Å². The fourth-order valence-electron chi connectivity index (χ4n) is 2.07. The molecule has 2 N–H and O–H groups in total. The van der Waals surface area contributed by atoms with Crippen molar-refractivity contribution in [1.29, 1.82) is 0 Å². The highest BCUT2D eigenvalue weighted by atomic mass is 32.1. The summed E-state index contributed by atoms with van der Waals surface area (Å²) in [6, 6.07) is 16.5. The average molecular weight is 254 g/mol. The van der Waals surface area contributed by atoms with Crippen molar-refractivity contribution < 1.29 is 0 Å². The van der Waals surface area contributed by atoms with Crippen LogP contribution in [0.1, 0.15) is 5.56 Å². The summed E-state index contributed by atoms with van der Waals surface area (Å²) in [4.78, 5) is 4.26. The number of H-pyrrole nitrogens is 1. The molecule has 18 heavy (non-hydrogen) atoms. The van der Waals surface area contributed by atoms with Gasteiger partial charge in [0.15, 0.2) is 0 Å². The number of hydrogen-bond donors (Lipinski definition) is 3. The molecule has 3 aromatic rings. The van der Waals surface area contributed by atoms with Gasteiger partial charge in [-0.3, -0.25) is 0 Å². The topological polar surface area (TPSA) is 27.8 Å². The second kappa shape index (κ2) is 4.78. The Kier molecular flexibility index (Phi) is 2.99. The number of para-hydroxylation sites is 1. The van der Waals surface area contributed by atoms with Gasteiger partial charge in [0.1, 0.15) is 0 Å². The maximum absolute atomic E-state index is 4.28. The predicted molar refractivity (Wildman–Crippen MR) is 79.3 cm³/mol. The minimum Gasteiger partial charge on any atom is -0.381 e. The zero-order valence-corrected chi connectivity index (χ0v) is 10.7. The third kappa shape index (κ3) is 2.22. The molecule has 0 aliphatic rings. The Hall–Kier alpha value is -1.87. The molecule has 0 amide bonds. The maximum Gasteiger partial charge on any atom is 0.0504 e. The number of fused-ring (bicyclic) bond motifs is 1. The van der Waals surface area contributed by atoms with Crippen LogP contribution in [0.5, 0.6) is 0 Å². The van der Waals surface area contributed by atoms with E-state index in [9.17, 15) is 0 Å². The second-order valence-electron chi connectivity index (χ2n) is 4.26. The third-order valence-electron chi connectivity index (χ3n) is 3.02.